The molecule has 0 atom stereocenters. The number of rotatable bonds is 6. The van der Waals surface area contributed by atoms with Crippen LogP contribution in [0.25, 0.3) is 10.9 Å². The van der Waals surface area contributed by atoms with Gasteiger partial charge in [-0.2, -0.15) is 13.2 Å². The van der Waals surface area contributed by atoms with E-state index in [1.165, 1.54) is 18.2 Å². The van der Waals surface area contributed by atoms with E-state index in [4.69, 9.17) is 4.98 Å². The molecule has 1 aromatic heterocycles. The Morgan fingerprint density at radius 1 is 1.03 bits per heavy atom. The fourth-order valence-electron chi connectivity index (χ4n) is 4.56. The number of fused-ring (bicyclic) bond motifs is 1. The van der Waals surface area contributed by atoms with E-state index in [2.05, 4.69) is 33.0 Å². The number of carbonyl (C=O) groups excluding carboxylic acids is 1. The number of amides is 2. The number of carbonyl (C=O) groups is 1. The van der Waals surface area contributed by atoms with Crippen LogP contribution < -0.4 is 20.9 Å². The molecule has 3 aromatic rings. The molecule has 0 aliphatic heterocycles. The van der Waals surface area contributed by atoms with Gasteiger partial charge in [0.05, 0.1) is 16.8 Å². The summed E-state index contributed by atoms with van der Waals surface area (Å²) in [7, 11) is 4.03. The summed E-state index contributed by atoms with van der Waals surface area (Å²) < 4.78 is 39.4. The molecule has 3 N–H and O–H groups in total. The summed E-state index contributed by atoms with van der Waals surface area (Å²) in [5, 5.41) is 9.73. The topological polar surface area (TPSA) is 69.3 Å². The summed E-state index contributed by atoms with van der Waals surface area (Å²) >= 11 is 0. The number of benzene rings is 2. The summed E-state index contributed by atoms with van der Waals surface area (Å²) in [5.74, 6) is 1.12. The van der Waals surface area contributed by atoms with Gasteiger partial charge in [0, 0.05) is 43.8 Å². The highest BCUT2D eigenvalue weighted by molar-refractivity contribution is 5.93. The lowest BCUT2D eigenvalue weighted by molar-refractivity contribution is -0.136. The molecule has 0 radical (unpaired) electrons. The fraction of sp³-hybridized carbons (Fsp3) is 0.385. The second kappa shape index (κ2) is 10.4. The number of hydrogen-bond donors (Lipinski definition) is 3. The normalized spacial score (nSPS) is 18.2. The third-order valence-corrected chi connectivity index (χ3v) is 6.41. The zero-order chi connectivity index (χ0) is 25.0. The maximum absolute atomic E-state index is 13.1. The van der Waals surface area contributed by atoms with Gasteiger partial charge in [-0.25, -0.2) is 9.78 Å². The van der Waals surface area contributed by atoms with Gasteiger partial charge in [0.1, 0.15) is 5.82 Å². The maximum Gasteiger partial charge on any atom is 0.418 e. The number of urea groups is 1. The molecule has 0 spiro atoms. The van der Waals surface area contributed by atoms with Crippen LogP contribution in [0.2, 0.25) is 0 Å². The van der Waals surface area contributed by atoms with Crippen LogP contribution in [0.4, 0.5) is 35.2 Å². The van der Waals surface area contributed by atoms with Gasteiger partial charge >= 0.3 is 12.2 Å². The minimum Gasteiger partial charge on any atom is -0.377 e. The van der Waals surface area contributed by atoms with E-state index in [9.17, 15) is 18.0 Å². The summed E-state index contributed by atoms with van der Waals surface area (Å²) in [5.41, 5.74) is 0.943. The average molecular weight is 486 g/mol. The molecule has 4 rings (SSSR count). The van der Waals surface area contributed by atoms with Crippen molar-refractivity contribution in [1.29, 1.82) is 0 Å². The largest absolute Gasteiger partial charge is 0.418 e. The maximum atomic E-state index is 13.1. The molecule has 1 heterocycles. The van der Waals surface area contributed by atoms with Crippen molar-refractivity contribution in [3.8, 4) is 0 Å². The van der Waals surface area contributed by atoms with E-state index < -0.39 is 17.8 Å². The van der Waals surface area contributed by atoms with E-state index in [0.29, 0.717) is 6.54 Å². The lowest BCUT2D eigenvalue weighted by Gasteiger charge is -2.30. The molecule has 6 nitrogen and oxygen atoms in total. The first kappa shape index (κ1) is 24.6. The molecule has 0 bridgehead atoms. The highest BCUT2D eigenvalue weighted by Crippen LogP contribution is 2.34. The Morgan fingerprint density at radius 3 is 2.43 bits per heavy atom. The lowest BCUT2D eigenvalue weighted by atomic mass is 9.86. The molecule has 1 saturated carbocycles. The predicted octanol–water partition coefficient (Wildman–Crippen LogP) is 6.11. The Morgan fingerprint density at radius 2 is 1.71 bits per heavy atom. The standard InChI is InChI=1S/C26H30F3N5O/c1-34(2)23-15-24(32-21-9-5-3-7-19(21)23)31-18-13-11-17(12-14-18)16-30-25(35)33-22-10-6-4-8-20(22)26(27,28)29/h3-10,15,17-18H,11-14,16H2,1-2H3,(H,31,32)(H2,30,33,35)/t17-,18+. The first-order valence-corrected chi connectivity index (χ1v) is 11.8. The lowest BCUT2D eigenvalue weighted by Crippen LogP contribution is -2.36. The fourth-order valence-corrected chi connectivity index (χ4v) is 4.56. The quantitative estimate of drug-likeness (QED) is 0.394. The first-order valence-electron chi connectivity index (χ1n) is 11.8. The van der Waals surface area contributed by atoms with Crippen molar-refractivity contribution in [1.82, 2.24) is 10.3 Å². The second-order valence-corrected chi connectivity index (χ2v) is 9.18. The minimum atomic E-state index is -4.53. The van der Waals surface area contributed by atoms with Gasteiger partial charge < -0.3 is 20.9 Å². The van der Waals surface area contributed by atoms with E-state index in [1.807, 2.05) is 32.3 Å². The third kappa shape index (κ3) is 6.15. The Kier molecular flexibility index (Phi) is 7.33. The van der Waals surface area contributed by atoms with Gasteiger partial charge in [-0.3, -0.25) is 0 Å². The van der Waals surface area contributed by atoms with Crippen molar-refractivity contribution >= 4 is 34.1 Å². The Hall–Kier alpha value is -3.49. The first-order chi connectivity index (χ1) is 16.7. The molecule has 1 aliphatic rings. The van der Waals surface area contributed by atoms with Crippen molar-refractivity contribution in [2.45, 2.75) is 37.9 Å². The zero-order valence-electron chi connectivity index (χ0n) is 19.8. The summed E-state index contributed by atoms with van der Waals surface area (Å²) in [4.78, 5) is 19.1. The number of hydrogen-bond acceptors (Lipinski definition) is 4. The number of nitrogens with zero attached hydrogens (tertiary/aromatic N) is 2. The van der Waals surface area contributed by atoms with E-state index in [1.54, 1.807) is 0 Å². The van der Waals surface area contributed by atoms with Crippen LogP contribution in [0, 0.1) is 5.92 Å². The van der Waals surface area contributed by atoms with Gasteiger partial charge in [-0.05, 0) is 49.8 Å². The molecule has 2 aromatic carbocycles. The van der Waals surface area contributed by atoms with Gasteiger partial charge in [0.25, 0.3) is 0 Å². The highest BCUT2D eigenvalue weighted by atomic mass is 19.4. The molecule has 2 amide bonds. The minimum absolute atomic E-state index is 0.245. The monoisotopic (exact) mass is 485 g/mol. The Labute approximate surface area is 202 Å². The number of pyridine rings is 1. The van der Waals surface area contributed by atoms with Gasteiger partial charge in [-0.1, -0.05) is 30.3 Å². The molecule has 0 unspecified atom stereocenters. The molecule has 9 heteroatoms. The van der Waals surface area contributed by atoms with Crippen LogP contribution in [0.5, 0.6) is 0 Å². The number of nitrogens with one attached hydrogen (secondary N) is 3. The summed E-state index contributed by atoms with van der Waals surface area (Å²) in [6, 6.07) is 14.8. The van der Waals surface area contributed by atoms with E-state index >= 15 is 0 Å². The van der Waals surface area contributed by atoms with E-state index in [-0.39, 0.29) is 17.6 Å². The van der Waals surface area contributed by atoms with Crippen molar-refractivity contribution in [3.05, 3.63) is 60.2 Å². The smallest absolute Gasteiger partial charge is 0.377 e. The second-order valence-electron chi connectivity index (χ2n) is 9.18. The molecule has 35 heavy (non-hydrogen) atoms. The van der Waals surface area contributed by atoms with Crippen molar-refractivity contribution in [2.24, 2.45) is 5.92 Å². The highest BCUT2D eigenvalue weighted by Gasteiger charge is 2.33. The number of alkyl halides is 3. The molecule has 0 saturated heterocycles. The number of halogens is 3. The zero-order valence-corrected chi connectivity index (χ0v) is 19.8. The van der Waals surface area contributed by atoms with Crippen LogP contribution in [0.15, 0.2) is 54.6 Å². The van der Waals surface area contributed by atoms with Crippen molar-refractivity contribution < 1.29 is 18.0 Å². The van der Waals surface area contributed by atoms with Crippen molar-refractivity contribution in [3.63, 3.8) is 0 Å². The molecule has 1 aliphatic carbocycles. The molecular formula is C26H30F3N5O. The van der Waals surface area contributed by atoms with Crippen LogP contribution in [0.1, 0.15) is 31.2 Å². The summed E-state index contributed by atoms with van der Waals surface area (Å²) in [6.07, 6.45) is -0.855. The average Bonchev–Trinajstić information content (AvgIpc) is 2.82. The SMILES string of the molecule is CN(C)c1cc(N[C@H]2CC[C@@H](CNC(=O)Nc3ccccc3C(F)(F)F)CC2)nc2ccccc12. The number of anilines is 3. The molecule has 186 valence electrons. The van der Waals surface area contributed by atoms with E-state index in [0.717, 1.165) is 54.2 Å². The van der Waals surface area contributed by atoms with Gasteiger partial charge in [0.2, 0.25) is 0 Å². The third-order valence-electron chi connectivity index (χ3n) is 6.41. The Bertz CT molecular complexity index is 1170. The summed E-state index contributed by atoms with van der Waals surface area (Å²) in [6.45, 7) is 0.422. The molecular weight excluding hydrogens is 455 g/mol. The molecule has 1 fully saturated rings. The van der Waals surface area contributed by atoms with Crippen LogP contribution in [0.3, 0.4) is 0 Å². The predicted molar refractivity (Wildman–Crippen MR) is 134 cm³/mol. The number of para-hydroxylation sites is 2. The van der Waals surface area contributed by atoms with Crippen molar-refractivity contribution in [2.75, 3.05) is 36.2 Å². The Balaban J connectivity index is 1.28. The van der Waals surface area contributed by atoms with Gasteiger partial charge in [-0.15, -0.1) is 0 Å². The van der Waals surface area contributed by atoms with Crippen LogP contribution >= 0.6 is 0 Å². The van der Waals surface area contributed by atoms with Crippen LogP contribution in [-0.2, 0) is 6.18 Å². The van der Waals surface area contributed by atoms with Gasteiger partial charge in [0.15, 0.2) is 0 Å². The number of aromatic nitrogens is 1. The van der Waals surface area contributed by atoms with Crippen LogP contribution in [-0.4, -0.2) is 37.7 Å².